The molecule has 1 atom stereocenters. The summed E-state index contributed by atoms with van der Waals surface area (Å²) in [5.74, 6) is 4.84. The first-order chi connectivity index (χ1) is 11.0. The van der Waals surface area contributed by atoms with Crippen LogP contribution < -0.4 is 21.3 Å². The van der Waals surface area contributed by atoms with Gasteiger partial charge in [-0.15, -0.1) is 0 Å². The van der Waals surface area contributed by atoms with Gasteiger partial charge in [0, 0.05) is 0 Å². The third kappa shape index (κ3) is 4.43. The van der Waals surface area contributed by atoms with Crippen LogP contribution in [0.3, 0.4) is 0 Å². The maximum absolute atomic E-state index is 12.0. The van der Waals surface area contributed by atoms with Crippen LogP contribution in [0.4, 0.5) is 0 Å². The zero-order chi connectivity index (χ0) is 16.8. The number of hydrogen-bond acceptors (Lipinski definition) is 4. The van der Waals surface area contributed by atoms with E-state index in [2.05, 4.69) is 10.7 Å². The lowest BCUT2D eigenvalue weighted by Crippen LogP contribution is -2.52. The van der Waals surface area contributed by atoms with E-state index in [0.717, 1.165) is 10.8 Å². The van der Waals surface area contributed by atoms with Gasteiger partial charge in [-0.3, -0.25) is 15.0 Å². The third-order valence-electron chi connectivity index (χ3n) is 3.50. The van der Waals surface area contributed by atoms with Crippen molar-refractivity contribution in [2.45, 2.75) is 19.9 Å². The molecule has 0 aliphatic carbocycles. The van der Waals surface area contributed by atoms with Crippen molar-refractivity contribution in [2.24, 2.45) is 11.8 Å². The average molecular weight is 315 g/mol. The fourth-order valence-electron chi connectivity index (χ4n) is 2.25. The van der Waals surface area contributed by atoms with Crippen molar-refractivity contribution in [3.63, 3.8) is 0 Å². The van der Waals surface area contributed by atoms with E-state index in [1.54, 1.807) is 0 Å². The summed E-state index contributed by atoms with van der Waals surface area (Å²) in [5.41, 5.74) is 2.05. The molecule has 4 N–H and O–H groups in total. The van der Waals surface area contributed by atoms with E-state index in [-0.39, 0.29) is 18.4 Å². The lowest BCUT2D eigenvalue weighted by molar-refractivity contribution is -0.131. The number of nitrogens with two attached hydrogens (primary N) is 1. The first kappa shape index (κ1) is 16.8. The predicted molar refractivity (Wildman–Crippen MR) is 88.5 cm³/mol. The van der Waals surface area contributed by atoms with E-state index in [1.165, 1.54) is 0 Å². The topological polar surface area (TPSA) is 93.4 Å². The molecular weight excluding hydrogens is 294 g/mol. The van der Waals surface area contributed by atoms with Crippen LogP contribution in [0.25, 0.3) is 10.8 Å². The summed E-state index contributed by atoms with van der Waals surface area (Å²) in [6.07, 6.45) is 0. The van der Waals surface area contributed by atoms with Crippen LogP contribution in [0.15, 0.2) is 42.5 Å². The Balaban J connectivity index is 1.95. The number of ether oxygens (including phenoxy) is 1. The van der Waals surface area contributed by atoms with Crippen LogP contribution in [-0.2, 0) is 9.59 Å². The molecule has 0 spiro atoms. The van der Waals surface area contributed by atoms with E-state index in [9.17, 15) is 9.59 Å². The molecule has 2 aromatic rings. The minimum absolute atomic E-state index is 0.0804. The second-order valence-corrected chi connectivity index (χ2v) is 5.60. The lowest BCUT2D eigenvalue weighted by atomic mass is 10.0. The molecule has 0 saturated heterocycles. The van der Waals surface area contributed by atoms with Gasteiger partial charge in [-0.2, -0.15) is 0 Å². The standard InChI is InChI=1S/C17H21N3O3/c1-11(2)16(17(22)20-18)19-15(21)10-23-14-8-7-12-5-3-4-6-13(12)9-14/h3-9,11,16H,10,18H2,1-2H3,(H,19,21)(H,20,22)/t16-/m1/s1. The molecule has 2 rings (SSSR count). The number of rotatable bonds is 6. The Morgan fingerprint density at radius 3 is 2.48 bits per heavy atom. The Bertz CT molecular complexity index is 700. The van der Waals surface area contributed by atoms with Crippen LogP contribution in [0, 0.1) is 5.92 Å². The summed E-state index contributed by atoms with van der Waals surface area (Å²) in [6, 6.07) is 12.8. The van der Waals surface area contributed by atoms with Crippen molar-refractivity contribution in [1.29, 1.82) is 0 Å². The molecule has 6 nitrogen and oxygen atoms in total. The summed E-state index contributed by atoms with van der Waals surface area (Å²) in [4.78, 5) is 23.6. The molecule has 2 aromatic carbocycles. The summed E-state index contributed by atoms with van der Waals surface area (Å²) in [6.45, 7) is 3.48. The van der Waals surface area contributed by atoms with Gasteiger partial charge in [-0.1, -0.05) is 44.2 Å². The van der Waals surface area contributed by atoms with Crippen molar-refractivity contribution in [3.8, 4) is 5.75 Å². The van der Waals surface area contributed by atoms with Gasteiger partial charge in [0.15, 0.2) is 6.61 Å². The summed E-state index contributed by atoms with van der Waals surface area (Å²) < 4.78 is 5.49. The van der Waals surface area contributed by atoms with E-state index in [0.29, 0.717) is 5.75 Å². The highest BCUT2D eigenvalue weighted by atomic mass is 16.5. The molecular formula is C17H21N3O3. The maximum atomic E-state index is 12.0. The number of hydrazine groups is 1. The first-order valence-electron chi connectivity index (χ1n) is 7.42. The molecule has 0 bridgehead atoms. The highest BCUT2D eigenvalue weighted by Gasteiger charge is 2.23. The fourth-order valence-corrected chi connectivity index (χ4v) is 2.25. The fraction of sp³-hybridized carbons (Fsp3) is 0.294. The first-order valence-corrected chi connectivity index (χ1v) is 7.42. The SMILES string of the molecule is CC(C)[C@@H](NC(=O)COc1ccc2ccccc2c1)C(=O)NN. The van der Waals surface area contributed by atoms with Gasteiger partial charge >= 0.3 is 0 Å². The molecule has 0 heterocycles. The number of amides is 2. The molecule has 0 aliphatic rings. The Kier molecular flexibility index (Phi) is 5.54. The van der Waals surface area contributed by atoms with Crippen molar-refractivity contribution in [1.82, 2.24) is 10.7 Å². The molecule has 122 valence electrons. The molecule has 0 saturated carbocycles. The van der Waals surface area contributed by atoms with E-state index in [4.69, 9.17) is 10.6 Å². The second-order valence-electron chi connectivity index (χ2n) is 5.60. The zero-order valence-corrected chi connectivity index (χ0v) is 13.2. The minimum Gasteiger partial charge on any atom is -0.484 e. The zero-order valence-electron chi connectivity index (χ0n) is 13.2. The molecule has 23 heavy (non-hydrogen) atoms. The van der Waals surface area contributed by atoms with Gasteiger partial charge in [0.1, 0.15) is 11.8 Å². The Morgan fingerprint density at radius 2 is 1.83 bits per heavy atom. The van der Waals surface area contributed by atoms with Crippen LogP contribution >= 0.6 is 0 Å². The van der Waals surface area contributed by atoms with E-state index < -0.39 is 11.9 Å². The minimum atomic E-state index is -0.687. The predicted octanol–water partition coefficient (Wildman–Crippen LogP) is 1.35. The third-order valence-corrected chi connectivity index (χ3v) is 3.50. The van der Waals surface area contributed by atoms with Crippen molar-refractivity contribution < 1.29 is 14.3 Å². The average Bonchev–Trinajstić information content (AvgIpc) is 2.56. The number of nitrogens with one attached hydrogen (secondary N) is 2. The van der Waals surface area contributed by atoms with Gasteiger partial charge in [-0.25, -0.2) is 5.84 Å². The van der Waals surface area contributed by atoms with Gasteiger partial charge in [-0.05, 0) is 28.8 Å². The van der Waals surface area contributed by atoms with Gasteiger partial charge in [0.25, 0.3) is 11.8 Å². The molecule has 0 aliphatic heterocycles. The van der Waals surface area contributed by atoms with Gasteiger partial charge in [0.2, 0.25) is 0 Å². The largest absolute Gasteiger partial charge is 0.484 e. The molecule has 6 heteroatoms. The van der Waals surface area contributed by atoms with Crippen molar-refractivity contribution >= 4 is 22.6 Å². The van der Waals surface area contributed by atoms with E-state index >= 15 is 0 Å². The second kappa shape index (κ2) is 7.60. The van der Waals surface area contributed by atoms with Crippen molar-refractivity contribution in [2.75, 3.05) is 6.61 Å². The summed E-state index contributed by atoms with van der Waals surface area (Å²) in [5, 5.41) is 4.75. The summed E-state index contributed by atoms with van der Waals surface area (Å²) in [7, 11) is 0. The number of fused-ring (bicyclic) bond motifs is 1. The highest BCUT2D eigenvalue weighted by molar-refractivity contribution is 5.88. The number of carbonyl (C=O) groups excluding carboxylic acids is 2. The molecule has 0 fully saturated rings. The number of carbonyl (C=O) groups is 2. The van der Waals surface area contributed by atoms with Crippen LogP contribution in [0.1, 0.15) is 13.8 Å². The molecule has 0 aromatic heterocycles. The smallest absolute Gasteiger partial charge is 0.258 e. The van der Waals surface area contributed by atoms with Crippen LogP contribution in [-0.4, -0.2) is 24.5 Å². The Labute approximate surface area is 135 Å². The van der Waals surface area contributed by atoms with E-state index in [1.807, 2.05) is 56.3 Å². The lowest BCUT2D eigenvalue weighted by Gasteiger charge is -2.20. The summed E-state index contributed by atoms with van der Waals surface area (Å²) >= 11 is 0. The molecule has 0 unspecified atom stereocenters. The normalized spacial score (nSPS) is 12.0. The Hall–Kier alpha value is -2.60. The highest BCUT2D eigenvalue weighted by Crippen LogP contribution is 2.20. The van der Waals surface area contributed by atoms with Crippen molar-refractivity contribution in [3.05, 3.63) is 42.5 Å². The van der Waals surface area contributed by atoms with Crippen LogP contribution in [0.5, 0.6) is 5.75 Å². The number of hydrogen-bond donors (Lipinski definition) is 3. The maximum Gasteiger partial charge on any atom is 0.258 e. The quantitative estimate of drug-likeness (QED) is 0.426. The van der Waals surface area contributed by atoms with Gasteiger partial charge < -0.3 is 10.1 Å². The molecule has 0 radical (unpaired) electrons. The van der Waals surface area contributed by atoms with Crippen LogP contribution in [0.2, 0.25) is 0 Å². The number of benzene rings is 2. The monoisotopic (exact) mass is 315 g/mol. The Morgan fingerprint density at radius 1 is 1.13 bits per heavy atom. The molecule has 2 amide bonds. The van der Waals surface area contributed by atoms with Gasteiger partial charge in [0.05, 0.1) is 0 Å².